The molecule has 0 aliphatic carbocycles. The highest BCUT2D eigenvalue weighted by molar-refractivity contribution is 5.66. The Morgan fingerprint density at radius 1 is 0.352 bits per heavy atom. The first-order valence-electron chi connectivity index (χ1n) is 21.7. The number of esters is 1. The van der Waals surface area contributed by atoms with Crippen LogP contribution in [-0.4, -0.2) is 5.97 Å². The molecule has 0 aromatic heterocycles. The van der Waals surface area contributed by atoms with E-state index in [1.165, 1.54) is 135 Å². The van der Waals surface area contributed by atoms with E-state index >= 15 is 0 Å². The Labute approximate surface area is 344 Å². The van der Waals surface area contributed by atoms with Crippen molar-refractivity contribution in [3.8, 4) is 0 Å². The molecular formula is C52H102O2. The van der Waals surface area contributed by atoms with Crippen molar-refractivity contribution in [1.29, 1.82) is 0 Å². The van der Waals surface area contributed by atoms with Crippen LogP contribution in [-0.2, 0) is 9.53 Å². The molecule has 0 aliphatic rings. The highest BCUT2D eigenvalue weighted by Gasteiger charge is 1.84. The molecule has 0 radical (unpaired) electrons. The van der Waals surface area contributed by atoms with E-state index in [0.29, 0.717) is 0 Å². The lowest BCUT2D eigenvalue weighted by atomic mass is 10.2. The maximum Gasteiger partial charge on any atom is 0.307 e. The van der Waals surface area contributed by atoms with Gasteiger partial charge in [-0.25, -0.2) is 0 Å². The summed E-state index contributed by atoms with van der Waals surface area (Å²) < 4.78 is 4.17. The van der Waals surface area contributed by atoms with Crippen LogP contribution in [0.15, 0.2) is 114 Å². The molecule has 0 fully saturated rings. The van der Waals surface area contributed by atoms with Gasteiger partial charge >= 0.3 is 5.97 Å². The third-order valence-electron chi connectivity index (χ3n) is 6.45. The molecule has 0 saturated carbocycles. The number of carbonyl (C=O) groups is 1. The normalized spacial score (nSPS) is 8.02. The summed E-state index contributed by atoms with van der Waals surface area (Å²) in [4.78, 5) is 9.75. The summed E-state index contributed by atoms with van der Waals surface area (Å²) in [6.07, 6.45) is 47.4. The maximum absolute atomic E-state index is 9.75. The van der Waals surface area contributed by atoms with Crippen LogP contribution < -0.4 is 0 Å². The summed E-state index contributed by atoms with van der Waals surface area (Å²) in [6.45, 7) is 50.2. The van der Waals surface area contributed by atoms with E-state index in [-0.39, 0.29) is 5.97 Å². The zero-order chi connectivity index (χ0) is 43.6. The Balaban J connectivity index is -0.0000000613. The molecule has 2 heteroatoms. The minimum atomic E-state index is -0.329. The summed E-state index contributed by atoms with van der Waals surface area (Å²) in [5.74, 6) is -0.329. The standard InChI is InChI=1S/4C8H16.C4H6O2.4C4H8/c4*1-3-5-7-8-6-4-2;1-3-6-4(2)5;4*1-3-4-2/h4*3H,1,4-8H2,2H3;3H,1H2,2H3;4*3H,1,4H2,2H3. The van der Waals surface area contributed by atoms with E-state index in [9.17, 15) is 4.79 Å². The Kier molecular flexibility index (Phi) is 139. The number of unbranched alkanes of at least 4 members (excludes halogenated alkanes) is 16. The lowest BCUT2D eigenvalue weighted by Crippen LogP contribution is -1.87. The minimum Gasteiger partial charge on any atom is -0.435 e. The van der Waals surface area contributed by atoms with Crippen molar-refractivity contribution >= 4 is 5.97 Å². The molecule has 0 N–H and O–H groups in total. The molecule has 2 nitrogen and oxygen atoms in total. The number of hydrogen-bond donors (Lipinski definition) is 0. The third kappa shape index (κ3) is 195. The molecule has 0 atom stereocenters. The van der Waals surface area contributed by atoms with Gasteiger partial charge < -0.3 is 4.74 Å². The van der Waals surface area contributed by atoms with Gasteiger partial charge in [-0.3, -0.25) is 4.79 Å². The Hall–Kier alpha value is -2.87. The minimum absolute atomic E-state index is 0.329. The monoisotopic (exact) mass is 759 g/mol. The van der Waals surface area contributed by atoms with Crippen molar-refractivity contribution in [2.45, 2.75) is 216 Å². The van der Waals surface area contributed by atoms with Crippen molar-refractivity contribution in [1.82, 2.24) is 0 Å². The molecule has 0 aromatic carbocycles. The zero-order valence-corrected chi connectivity index (χ0v) is 38.8. The Bertz CT molecular complexity index is 574. The summed E-state index contributed by atoms with van der Waals surface area (Å²) in [5.41, 5.74) is 0. The van der Waals surface area contributed by atoms with Crippen molar-refractivity contribution in [2.75, 3.05) is 0 Å². The van der Waals surface area contributed by atoms with Crippen LogP contribution in [0.25, 0.3) is 0 Å². The Morgan fingerprint density at radius 3 is 0.611 bits per heavy atom. The quantitative estimate of drug-likeness (QED) is 0.0401. The fourth-order valence-electron chi connectivity index (χ4n) is 2.98. The molecule has 0 amide bonds. The average molecular weight is 759 g/mol. The van der Waals surface area contributed by atoms with E-state index in [1.54, 1.807) is 0 Å². The first-order chi connectivity index (χ1) is 26.1. The molecule has 54 heavy (non-hydrogen) atoms. The van der Waals surface area contributed by atoms with Crippen LogP contribution in [0.5, 0.6) is 0 Å². The van der Waals surface area contributed by atoms with E-state index in [1.807, 2.05) is 48.6 Å². The molecule has 0 aliphatic heterocycles. The maximum atomic E-state index is 9.75. The summed E-state index contributed by atoms with van der Waals surface area (Å²) in [6, 6.07) is 0. The number of allylic oxidation sites excluding steroid dienone is 8. The van der Waals surface area contributed by atoms with Gasteiger partial charge in [-0.1, -0.05) is 188 Å². The largest absolute Gasteiger partial charge is 0.435 e. The fraction of sp³-hybridized carbons (Fsp3) is 0.635. The van der Waals surface area contributed by atoms with E-state index < -0.39 is 0 Å². The lowest BCUT2D eigenvalue weighted by Gasteiger charge is -1.91. The Morgan fingerprint density at radius 2 is 0.537 bits per heavy atom. The SMILES string of the molecule is C=CCC.C=CCC.C=CCC.C=CCC.C=CCCCCCC.C=CCCCCCC.C=CCCCCCC.C=CCCCCCC.C=COC(C)=O. The van der Waals surface area contributed by atoms with Crippen molar-refractivity contribution in [3.63, 3.8) is 0 Å². The molecule has 0 unspecified atom stereocenters. The molecule has 322 valence electrons. The molecule has 0 bridgehead atoms. The number of rotatable bonds is 25. The second kappa shape index (κ2) is 104. The molecule has 0 saturated heterocycles. The van der Waals surface area contributed by atoms with Crippen molar-refractivity contribution in [3.05, 3.63) is 114 Å². The van der Waals surface area contributed by atoms with E-state index in [2.05, 4.69) is 119 Å². The van der Waals surface area contributed by atoms with Gasteiger partial charge in [0, 0.05) is 6.92 Å². The summed E-state index contributed by atoms with van der Waals surface area (Å²) >= 11 is 0. The molecule has 0 heterocycles. The van der Waals surface area contributed by atoms with Gasteiger partial charge in [-0.05, 0) is 77.0 Å². The van der Waals surface area contributed by atoms with Gasteiger partial charge in [0.15, 0.2) is 0 Å². The second-order valence-electron chi connectivity index (χ2n) is 12.1. The smallest absolute Gasteiger partial charge is 0.307 e. The van der Waals surface area contributed by atoms with Crippen LogP contribution in [0.1, 0.15) is 216 Å². The second-order valence-corrected chi connectivity index (χ2v) is 12.1. The number of hydrogen-bond acceptors (Lipinski definition) is 2. The topological polar surface area (TPSA) is 26.3 Å². The molecule has 0 aromatic rings. The predicted octanol–water partition coefficient (Wildman–Crippen LogP) is 19.6. The van der Waals surface area contributed by atoms with Crippen LogP contribution in [0.2, 0.25) is 0 Å². The number of ether oxygens (including phenoxy) is 1. The zero-order valence-electron chi connectivity index (χ0n) is 38.8. The highest BCUT2D eigenvalue weighted by atomic mass is 16.5. The first kappa shape index (κ1) is 72.4. The average Bonchev–Trinajstić information content (AvgIpc) is 3.20. The fourth-order valence-corrected chi connectivity index (χ4v) is 2.98. The summed E-state index contributed by atoms with van der Waals surface area (Å²) in [5, 5.41) is 0. The lowest BCUT2D eigenvalue weighted by molar-refractivity contribution is -0.135. The predicted molar refractivity (Wildman–Crippen MR) is 260 cm³/mol. The molecule has 0 rings (SSSR count). The van der Waals surface area contributed by atoms with Gasteiger partial charge in [0.1, 0.15) is 0 Å². The molecule has 0 spiro atoms. The van der Waals surface area contributed by atoms with Gasteiger partial charge in [0.05, 0.1) is 6.26 Å². The third-order valence-corrected chi connectivity index (χ3v) is 6.45. The number of carbonyl (C=O) groups excluding carboxylic acids is 1. The van der Waals surface area contributed by atoms with Gasteiger partial charge in [0.25, 0.3) is 0 Å². The van der Waals surface area contributed by atoms with Crippen LogP contribution >= 0.6 is 0 Å². The molecular weight excluding hydrogens is 657 g/mol. The van der Waals surface area contributed by atoms with Gasteiger partial charge in [-0.15, -0.1) is 52.6 Å². The van der Waals surface area contributed by atoms with Gasteiger partial charge in [0.2, 0.25) is 0 Å². The van der Waals surface area contributed by atoms with Crippen LogP contribution in [0.4, 0.5) is 0 Å². The van der Waals surface area contributed by atoms with Crippen molar-refractivity contribution < 1.29 is 9.53 Å². The van der Waals surface area contributed by atoms with E-state index in [4.69, 9.17) is 0 Å². The van der Waals surface area contributed by atoms with Gasteiger partial charge in [-0.2, -0.15) is 0 Å². The van der Waals surface area contributed by atoms with E-state index in [0.717, 1.165) is 31.9 Å². The van der Waals surface area contributed by atoms with Crippen molar-refractivity contribution in [2.24, 2.45) is 0 Å². The first-order valence-corrected chi connectivity index (χ1v) is 21.7. The van der Waals surface area contributed by atoms with Crippen LogP contribution in [0.3, 0.4) is 0 Å². The highest BCUT2D eigenvalue weighted by Crippen LogP contribution is 2.03. The van der Waals surface area contributed by atoms with Crippen LogP contribution in [0, 0.1) is 0 Å². The summed E-state index contributed by atoms with van der Waals surface area (Å²) in [7, 11) is 0.